The lowest BCUT2D eigenvalue weighted by Gasteiger charge is -1.99. The minimum atomic E-state index is 0.596. The van der Waals surface area contributed by atoms with Gasteiger partial charge in [0.1, 0.15) is 0 Å². The zero-order valence-electron chi connectivity index (χ0n) is 7.96. The number of hydrogen-bond donors (Lipinski definition) is 2. The molecule has 0 aliphatic carbocycles. The van der Waals surface area contributed by atoms with Crippen LogP contribution in [0.5, 0.6) is 0 Å². The van der Waals surface area contributed by atoms with Crippen molar-refractivity contribution in [2.24, 2.45) is 5.73 Å². The van der Waals surface area contributed by atoms with Gasteiger partial charge in [-0.25, -0.2) is 0 Å². The zero-order chi connectivity index (χ0) is 9.52. The minimum Gasteiger partial charge on any atom is -0.327 e. The van der Waals surface area contributed by atoms with Crippen molar-refractivity contribution in [3.63, 3.8) is 0 Å². The average molecular weight is 176 g/mol. The second-order valence-electron chi connectivity index (χ2n) is 2.91. The monoisotopic (exact) mass is 176 g/mol. The van der Waals surface area contributed by atoms with Crippen molar-refractivity contribution in [3.8, 4) is 0 Å². The van der Waals surface area contributed by atoms with E-state index in [0.29, 0.717) is 6.54 Å². The molecule has 1 aromatic rings. The van der Waals surface area contributed by atoms with Crippen molar-refractivity contribution in [2.45, 2.75) is 6.54 Å². The number of rotatable bonds is 4. The van der Waals surface area contributed by atoms with Gasteiger partial charge in [0.05, 0.1) is 0 Å². The van der Waals surface area contributed by atoms with E-state index in [1.807, 2.05) is 19.2 Å². The topological polar surface area (TPSA) is 38.0 Å². The van der Waals surface area contributed by atoms with Crippen molar-refractivity contribution in [1.82, 2.24) is 5.32 Å². The summed E-state index contributed by atoms with van der Waals surface area (Å²) in [5, 5.41) is 3.11. The number of hydrogen-bond acceptors (Lipinski definition) is 2. The summed E-state index contributed by atoms with van der Waals surface area (Å²) in [7, 11) is 1.95. The van der Waals surface area contributed by atoms with E-state index in [-0.39, 0.29) is 0 Å². The summed E-state index contributed by atoms with van der Waals surface area (Å²) < 4.78 is 0. The molecule has 0 saturated carbocycles. The van der Waals surface area contributed by atoms with Crippen molar-refractivity contribution in [1.29, 1.82) is 0 Å². The third-order valence-corrected chi connectivity index (χ3v) is 1.81. The molecule has 0 heterocycles. The van der Waals surface area contributed by atoms with Crippen molar-refractivity contribution >= 4 is 6.08 Å². The molecule has 0 aliphatic rings. The van der Waals surface area contributed by atoms with Crippen LogP contribution >= 0.6 is 0 Å². The lowest BCUT2D eigenvalue weighted by molar-refractivity contribution is 0.818. The maximum atomic E-state index is 5.36. The van der Waals surface area contributed by atoms with Crippen molar-refractivity contribution < 1.29 is 0 Å². The molecule has 0 amide bonds. The third kappa shape index (κ3) is 3.40. The van der Waals surface area contributed by atoms with Crippen LogP contribution < -0.4 is 11.1 Å². The molecule has 0 bridgehead atoms. The van der Waals surface area contributed by atoms with E-state index in [9.17, 15) is 0 Å². The number of nitrogens with one attached hydrogen (secondary N) is 1. The van der Waals surface area contributed by atoms with E-state index >= 15 is 0 Å². The second-order valence-corrected chi connectivity index (χ2v) is 2.91. The van der Waals surface area contributed by atoms with E-state index in [1.54, 1.807) is 0 Å². The van der Waals surface area contributed by atoms with Crippen LogP contribution in [0.15, 0.2) is 30.3 Å². The molecule has 2 nitrogen and oxygen atoms in total. The molecular weight excluding hydrogens is 160 g/mol. The zero-order valence-corrected chi connectivity index (χ0v) is 7.96. The van der Waals surface area contributed by atoms with Gasteiger partial charge in [0.15, 0.2) is 0 Å². The first kappa shape index (κ1) is 9.96. The summed E-state index contributed by atoms with van der Waals surface area (Å²) in [6.07, 6.45) is 3.98. The van der Waals surface area contributed by atoms with Gasteiger partial charge in [-0.3, -0.25) is 0 Å². The predicted octanol–water partition coefficient (Wildman–Crippen LogP) is 1.38. The summed E-state index contributed by atoms with van der Waals surface area (Å²) >= 11 is 0. The third-order valence-electron chi connectivity index (χ3n) is 1.81. The Morgan fingerprint density at radius 1 is 1.31 bits per heavy atom. The highest BCUT2D eigenvalue weighted by Gasteiger charge is 1.89. The van der Waals surface area contributed by atoms with Gasteiger partial charge in [0, 0.05) is 13.1 Å². The first-order chi connectivity index (χ1) is 6.36. The summed E-state index contributed by atoms with van der Waals surface area (Å²) in [4.78, 5) is 0. The molecule has 0 unspecified atom stereocenters. The van der Waals surface area contributed by atoms with Gasteiger partial charge in [-0.05, 0) is 18.2 Å². The van der Waals surface area contributed by atoms with Crippen molar-refractivity contribution in [3.05, 3.63) is 41.5 Å². The molecule has 0 saturated heterocycles. The van der Waals surface area contributed by atoms with Crippen LogP contribution in [0, 0.1) is 0 Å². The second kappa shape index (κ2) is 5.51. The van der Waals surface area contributed by atoms with Crippen LogP contribution in [0.25, 0.3) is 6.08 Å². The lowest BCUT2D eigenvalue weighted by Crippen LogP contribution is -2.04. The molecule has 2 heteroatoms. The first-order valence-electron chi connectivity index (χ1n) is 4.47. The maximum Gasteiger partial charge on any atom is 0.0202 e. The molecule has 13 heavy (non-hydrogen) atoms. The molecule has 0 radical (unpaired) electrons. The molecule has 1 aromatic carbocycles. The Morgan fingerprint density at radius 2 is 2.00 bits per heavy atom. The average Bonchev–Trinajstić information content (AvgIpc) is 2.17. The fourth-order valence-corrected chi connectivity index (χ4v) is 1.15. The Hall–Kier alpha value is -1.12. The van der Waals surface area contributed by atoms with Crippen LogP contribution in [0.3, 0.4) is 0 Å². The molecule has 0 aromatic heterocycles. The molecule has 1 rings (SSSR count). The normalized spacial score (nSPS) is 10.9. The number of benzene rings is 1. The SMILES string of the molecule is CNCc1ccc(C=CCN)cc1. The van der Waals surface area contributed by atoms with Gasteiger partial charge < -0.3 is 11.1 Å². The highest BCUT2D eigenvalue weighted by molar-refractivity contribution is 5.49. The summed E-state index contributed by atoms with van der Waals surface area (Å²) in [6.45, 7) is 1.51. The molecular formula is C11H16N2. The maximum absolute atomic E-state index is 5.36. The number of nitrogens with two attached hydrogens (primary N) is 1. The van der Waals surface area contributed by atoms with Gasteiger partial charge in [-0.2, -0.15) is 0 Å². The standard InChI is InChI=1S/C11H16N2/c1-13-9-11-6-4-10(5-7-11)3-2-8-12/h2-7,13H,8-9,12H2,1H3. The lowest BCUT2D eigenvalue weighted by atomic mass is 10.1. The smallest absolute Gasteiger partial charge is 0.0202 e. The Balaban J connectivity index is 2.64. The van der Waals surface area contributed by atoms with E-state index in [2.05, 4.69) is 29.6 Å². The predicted molar refractivity (Wildman–Crippen MR) is 57.3 cm³/mol. The summed E-state index contributed by atoms with van der Waals surface area (Å²) in [5.74, 6) is 0. The van der Waals surface area contributed by atoms with Crippen LogP contribution in [0.4, 0.5) is 0 Å². The quantitative estimate of drug-likeness (QED) is 0.727. The summed E-state index contributed by atoms with van der Waals surface area (Å²) in [5.41, 5.74) is 7.86. The van der Waals surface area contributed by atoms with Gasteiger partial charge >= 0.3 is 0 Å². The molecule has 0 aliphatic heterocycles. The van der Waals surface area contributed by atoms with E-state index < -0.39 is 0 Å². The molecule has 3 N–H and O–H groups in total. The van der Waals surface area contributed by atoms with Crippen LogP contribution in [-0.4, -0.2) is 13.6 Å². The molecule has 70 valence electrons. The van der Waals surface area contributed by atoms with E-state index in [0.717, 1.165) is 6.54 Å². The Kier molecular flexibility index (Phi) is 4.23. The molecule has 0 spiro atoms. The fourth-order valence-electron chi connectivity index (χ4n) is 1.15. The molecule has 0 fully saturated rings. The van der Waals surface area contributed by atoms with Crippen LogP contribution in [0.1, 0.15) is 11.1 Å². The van der Waals surface area contributed by atoms with Gasteiger partial charge in [0.2, 0.25) is 0 Å². The minimum absolute atomic E-state index is 0.596. The van der Waals surface area contributed by atoms with Crippen molar-refractivity contribution in [2.75, 3.05) is 13.6 Å². The van der Waals surface area contributed by atoms with E-state index in [1.165, 1.54) is 11.1 Å². The van der Waals surface area contributed by atoms with Gasteiger partial charge in [-0.1, -0.05) is 36.4 Å². The highest BCUT2D eigenvalue weighted by atomic mass is 14.8. The first-order valence-corrected chi connectivity index (χ1v) is 4.47. The summed E-state index contributed by atoms with van der Waals surface area (Å²) in [6, 6.07) is 8.43. The van der Waals surface area contributed by atoms with Gasteiger partial charge in [0.25, 0.3) is 0 Å². The Labute approximate surface area is 79.5 Å². The van der Waals surface area contributed by atoms with E-state index in [4.69, 9.17) is 5.73 Å². The van der Waals surface area contributed by atoms with Crippen LogP contribution in [0.2, 0.25) is 0 Å². The van der Waals surface area contributed by atoms with Gasteiger partial charge in [-0.15, -0.1) is 0 Å². The van der Waals surface area contributed by atoms with Crippen LogP contribution in [-0.2, 0) is 6.54 Å². The molecule has 0 atom stereocenters. The largest absolute Gasteiger partial charge is 0.327 e. The fraction of sp³-hybridized carbons (Fsp3) is 0.273. The Bertz CT molecular complexity index is 262. The Morgan fingerprint density at radius 3 is 2.54 bits per heavy atom. The highest BCUT2D eigenvalue weighted by Crippen LogP contribution is 2.05.